The van der Waals surface area contributed by atoms with Crippen molar-refractivity contribution in [3.63, 3.8) is 0 Å². The quantitative estimate of drug-likeness (QED) is 0.790. The average molecular weight is 251 g/mol. The van der Waals surface area contributed by atoms with Crippen LogP contribution < -0.4 is 10.9 Å². The summed E-state index contributed by atoms with van der Waals surface area (Å²) in [6.45, 7) is 0. The molecule has 5 nitrogen and oxygen atoms in total. The summed E-state index contributed by atoms with van der Waals surface area (Å²) >= 11 is 0. The fourth-order valence-corrected chi connectivity index (χ4v) is 1.25. The highest BCUT2D eigenvalue weighted by Crippen LogP contribution is 2.12. The molecule has 2 heterocycles. The van der Waals surface area contributed by atoms with Crippen molar-refractivity contribution >= 4 is 11.6 Å². The number of H-pyrrole nitrogens is 1. The molecule has 7 heteroatoms. The van der Waals surface area contributed by atoms with Crippen molar-refractivity contribution in [2.75, 3.05) is 5.32 Å². The molecule has 1 amide bonds. The third-order valence-electron chi connectivity index (χ3n) is 2.11. The Hall–Kier alpha value is -2.57. The molecule has 0 radical (unpaired) electrons. The molecule has 2 aromatic rings. The second-order valence-electron chi connectivity index (χ2n) is 3.37. The van der Waals surface area contributed by atoms with Crippen LogP contribution >= 0.6 is 0 Å². The lowest BCUT2D eigenvalue weighted by Crippen LogP contribution is -2.15. The zero-order valence-electron chi connectivity index (χ0n) is 8.91. The van der Waals surface area contributed by atoms with Crippen LogP contribution in [-0.4, -0.2) is 15.9 Å². The highest BCUT2D eigenvalue weighted by Gasteiger charge is 2.10. The smallest absolute Gasteiger partial charge is 0.257 e. The Balaban J connectivity index is 2.21. The lowest BCUT2D eigenvalue weighted by Gasteiger charge is -2.05. The largest absolute Gasteiger partial charge is 0.328 e. The Kier molecular flexibility index (Phi) is 3.13. The van der Waals surface area contributed by atoms with E-state index in [2.05, 4.69) is 15.3 Å². The van der Waals surface area contributed by atoms with Crippen molar-refractivity contribution in [1.29, 1.82) is 0 Å². The van der Waals surface area contributed by atoms with Crippen molar-refractivity contribution < 1.29 is 13.6 Å². The summed E-state index contributed by atoms with van der Waals surface area (Å²) in [5.74, 6) is -2.74. The van der Waals surface area contributed by atoms with Gasteiger partial charge in [0.2, 0.25) is 17.5 Å². The predicted octanol–water partition coefficient (Wildman–Crippen LogP) is 1.30. The van der Waals surface area contributed by atoms with Crippen LogP contribution in [0.25, 0.3) is 0 Å². The van der Waals surface area contributed by atoms with E-state index in [1.54, 1.807) is 0 Å². The Bertz CT molecular complexity index is 634. The average Bonchev–Trinajstić information content (AvgIpc) is 2.33. The number of nitrogens with one attached hydrogen (secondary N) is 2. The van der Waals surface area contributed by atoms with Crippen LogP contribution in [0.3, 0.4) is 0 Å². The summed E-state index contributed by atoms with van der Waals surface area (Å²) < 4.78 is 25.7. The molecule has 0 unspecified atom stereocenters. The van der Waals surface area contributed by atoms with Gasteiger partial charge in [0.05, 0.1) is 11.3 Å². The van der Waals surface area contributed by atoms with Crippen molar-refractivity contribution in [2.45, 2.75) is 0 Å². The highest BCUT2D eigenvalue weighted by atomic mass is 19.1. The maximum atomic E-state index is 13.2. The second kappa shape index (κ2) is 4.74. The van der Waals surface area contributed by atoms with Crippen molar-refractivity contribution in [3.8, 4) is 0 Å². The number of anilines is 1. The minimum Gasteiger partial charge on any atom is -0.328 e. The number of aromatic amines is 1. The summed E-state index contributed by atoms with van der Waals surface area (Å²) in [5, 5.41) is 2.21. The number of pyridine rings is 2. The molecule has 2 aromatic heterocycles. The van der Waals surface area contributed by atoms with Gasteiger partial charge in [-0.15, -0.1) is 0 Å². The van der Waals surface area contributed by atoms with E-state index in [4.69, 9.17) is 0 Å². The van der Waals surface area contributed by atoms with Gasteiger partial charge in [0, 0.05) is 12.3 Å². The number of aromatic nitrogens is 2. The molecule has 18 heavy (non-hydrogen) atoms. The number of carbonyl (C=O) groups excluding carboxylic acids is 1. The van der Waals surface area contributed by atoms with Gasteiger partial charge < -0.3 is 10.3 Å². The van der Waals surface area contributed by atoms with Gasteiger partial charge in [-0.1, -0.05) is 0 Å². The highest BCUT2D eigenvalue weighted by molar-refractivity contribution is 6.03. The van der Waals surface area contributed by atoms with E-state index < -0.39 is 17.8 Å². The topological polar surface area (TPSA) is 74.8 Å². The fraction of sp³-hybridized carbons (Fsp3) is 0. The van der Waals surface area contributed by atoms with Gasteiger partial charge >= 0.3 is 0 Å². The first-order valence-electron chi connectivity index (χ1n) is 4.88. The molecular weight excluding hydrogens is 244 g/mol. The molecule has 0 aliphatic heterocycles. The second-order valence-corrected chi connectivity index (χ2v) is 3.37. The lowest BCUT2D eigenvalue weighted by atomic mass is 10.2. The molecule has 0 aliphatic carbocycles. The summed E-state index contributed by atoms with van der Waals surface area (Å²) in [7, 11) is 0. The molecule has 92 valence electrons. The van der Waals surface area contributed by atoms with E-state index in [0.717, 1.165) is 18.2 Å². The number of rotatable bonds is 2. The lowest BCUT2D eigenvalue weighted by molar-refractivity contribution is 0.102. The molecule has 0 saturated heterocycles. The number of carbonyl (C=O) groups is 1. The summed E-state index contributed by atoms with van der Waals surface area (Å²) in [4.78, 5) is 27.7. The molecule has 0 aromatic carbocycles. The standard InChI is InChI=1S/C11H7F2N3O2/c12-8-3-2-7(10(13)16-8)15-11(18)6-1-4-9(17)14-5-6/h1-5H,(H,14,17)(H,15,18). The minimum absolute atomic E-state index is 0.137. The molecule has 0 saturated carbocycles. The molecule has 2 N–H and O–H groups in total. The van der Waals surface area contributed by atoms with Gasteiger partial charge in [0.15, 0.2) is 0 Å². The fourth-order valence-electron chi connectivity index (χ4n) is 1.25. The van der Waals surface area contributed by atoms with Crippen LogP contribution in [0.15, 0.2) is 35.3 Å². The third kappa shape index (κ3) is 2.57. The van der Waals surface area contributed by atoms with Gasteiger partial charge in [-0.2, -0.15) is 13.8 Å². The molecule has 0 atom stereocenters. The Morgan fingerprint density at radius 1 is 1.22 bits per heavy atom. The maximum absolute atomic E-state index is 13.2. The van der Waals surface area contributed by atoms with Crippen LogP contribution in [0.1, 0.15) is 10.4 Å². The molecule has 0 fully saturated rings. The number of halogens is 2. The minimum atomic E-state index is -1.12. The van der Waals surface area contributed by atoms with E-state index >= 15 is 0 Å². The van der Waals surface area contributed by atoms with Crippen LogP contribution in [0.5, 0.6) is 0 Å². The summed E-state index contributed by atoms with van der Waals surface area (Å²) in [6, 6.07) is 4.42. The van der Waals surface area contributed by atoms with Crippen molar-refractivity contribution in [2.24, 2.45) is 0 Å². The maximum Gasteiger partial charge on any atom is 0.257 e. The number of amides is 1. The molecule has 2 rings (SSSR count). The zero-order chi connectivity index (χ0) is 13.1. The first kappa shape index (κ1) is 11.9. The normalized spacial score (nSPS) is 10.1. The van der Waals surface area contributed by atoms with E-state index in [-0.39, 0.29) is 16.8 Å². The van der Waals surface area contributed by atoms with Crippen LogP contribution in [0, 0.1) is 11.9 Å². The van der Waals surface area contributed by atoms with Gasteiger partial charge in [0.1, 0.15) is 0 Å². The third-order valence-corrected chi connectivity index (χ3v) is 2.11. The Morgan fingerprint density at radius 2 is 2.00 bits per heavy atom. The molecule has 0 bridgehead atoms. The van der Waals surface area contributed by atoms with E-state index in [1.165, 1.54) is 12.3 Å². The van der Waals surface area contributed by atoms with Gasteiger partial charge in [0.25, 0.3) is 5.91 Å². The number of nitrogens with zero attached hydrogens (tertiary/aromatic N) is 1. The first-order valence-corrected chi connectivity index (χ1v) is 4.88. The van der Waals surface area contributed by atoms with Crippen LogP contribution in [0.4, 0.5) is 14.5 Å². The molecule has 0 spiro atoms. The monoisotopic (exact) mass is 251 g/mol. The Labute approximate surface area is 99.5 Å². The van der Waals surface area contributed by atoms with Crippen LogP contribution in [0.2, 0.25) is 0 Å². The van der Waals surface area contributed by atoms with Crippen LogP contribution in [-0.2, 0) is 0 Å². The molecular formula is C11H7F2N3O2. The zero-order valence-corrected chi connectivity index (χ0v) is 8.91. The van der Waals surface area contributed by atoms with Crippen molar-refractivity contribution in [3.05, 3.63) is 58.3 Å². The first-order chi connectivity index (χ1) is 8.56. The summed E-state index contributed by atoms with van der Waals surface area (Å²) in [6.07, 6.45) is 1.19. The number of hydrogen-bond donors (Lipinski definition) is 2. The van der Waals surface area contributed by atoms with Gasteiger partial charge in [-0.25, -0.2) is 0 Å². The van der Waals surface area contributed by atoms with Gasteiger partial charge in [-0.3, -0.25) is 9.59 Å². The molecule has 0 aliphatic rings. The number of hydrogen-bond acceptors (Lipinski definition) is 3. The van der Waals surface area contributed by atoms with E-state index in [1.807, 2.05) is 0 Å². The van der Waals surface area contributed by atoms with Crippen molar-refractivity contribution in [1.82, 2.24) is 9.97 Å². The predicted molar refractivity (Wildman–Crippen MR) is 59.2 cm³/mol. The Morgan fingerprint density at radius 3 is 2.61 bits per heavy atom. The summed E-state index contributed by atoms with van der Waals surface area (Å²) in [5.41, 5.74) is -0.466. The van der Waals surface area contributed by atoms with Gasteiger partial charge in [-0.05, 0) is 18.2 Å². The van der Waals surface area contributed by atoms with E-state index in [9.17, 15) is 18.4 Å². The van der Waals surface area contributed by atoms with E-state index in [0.29, 0.717) is 0 Å². The SMILES string of the molecule is O=C(Nc1ccc(F)nc1F)c1ccc(=O)[nH]c1.